The van der Waals surface area contributed by atoms with Crippen LogP contribution in [0, 0.1) is 0 Å². The minimum Gasteiger partial charge on any atom is -0.309 e. The van der Waals surface area contributed by atoms with Crippen molar-refractivity contribution in [2.75, 3.05) is 6.54 Å². The zero-order valence-electron chi connectivity index (χ0n) is 5.54. The molecule has 2 heterocycles. The highest BCUT2D eigenvalue weighted by molar-refractivity contribution is 7.10. The normalized spacial score (nSPS) is 23.0. The Bertz CT molecular complexity index is 181. The molecule has 10 heavy (non-hydrogen) atoms. The van der Waals surface area contributed by atoms with Gasteiger partial charge in [-0.15, -0.1) is 23.7 Å². The fourth-order valence-corrected chi connectivity index (χ4v) is 1.86. The number of thiophene rings is 1. The van der Waals surface area contributed by atoms with E-state index >= 15 is 0 Å². The molecular weight excluding hydrogens is 166 g/mol. The van der Waals surface area contributed by atoms with Crippen LogP contribution in [-0.2, 0) is 0 Å². The highest BCUT2D eigenvalue weighted by Gasteiger charge is 2.18. The van der Waals surface area contributed by atoms with Crippen molar-refractivity contribution in [2.24, 2.45) is 0 Å². The molecule has 0 bridgehead atoms. The molecule has 1 aromatic rings. The lowest BCUT2D eigenvalue weighted by Crippen LogP contribution is -2.34. The molecule has 2 rings (SSSR count). The molecule has 0 unspecified atom stereocenters. The molecule has 1 nitrogen and oxygen atoms in total. The predicted molar refractivity (Wildman–Crippen MR) is 46.9 cm³/mol. The summed E-state index contributed by atoms with van der Waals surface area (Å²) in [7, 11) is 0. The van der Waals surface area contributed by atoms with Crippen LogP contribution >= 0.6 is 23.7 Å². The van der Waals surface area contributed by atoms with Crippen LogP contribution in [0.3, 0.4) is 0 Å². The summed E-state index contributed by atoms with van der Waals surface area (Å²) in [5.41, 5.74) is 0. The van der Waals surface area contributed by atoms with Crippen LogP contribution in [-0.4, -0.2) is 6.54 Å². The van der Waals surface area contributed by atoms with Crippen LogP contribution in [0.5, 0.6) is 0 Å². The van der Waals surface area contributed by atoms with Gasteiger partial charge in [-0.25, -0.2) is 0 Å². The second kappa shape index (κ2) is 3.37. The van der Waals surface area contributed by atoms with Gasteiger partial charge in [0.2, 0.25) is 0 Å². The van der Waals surface area contributed by atoms with E-state index in [1.807, 2.05) is 11.3 Å². The van der Waals surface area contributed by atoms with Gasteiger partial charge in [-0.2, -0.15) is 0 Å². The van der Waals surface area contributed by atoms with E-state index < -0.39 is 0 Å². The lowest BCUT2D eigenvalue weighted by atomic mass is 10.1. The molecule has 1 aliphatic heterocycles. The highest BCUT2D eigenvalue weighted by Crippen LogP contribution is 2.26. The molecule has 1 aromatic heterocycles. The first-order valence-electron chi connectivity index (χ1n) is 3.23. The van der Waals surface area contributed by atoms with E-state index in [1.165, 1.54) is 17.8 Å². The first-order chi connectivity index (χ1) is 4.47. The van der Waals surface area contributed by atoms with Crippen molar-refractivity contribution in [3.8, 4) is 0 Å². The summed E-state index contributed by atoms with van der Waals surface area (Å²) >= 11 is 1.84. The Balaban J connectivity index is 0.000000500. The molecule has 0 spiro atoms. The maximum Gasteiger partial charge on any atom is 0.0426 e. The van der Waals surface area contributed by atoms with E-state index in [9.17, 15) is 0 Å². The molecule has 0 amide bonds. The zero-order valence-corrected chi connectivity index (χ0v) is 7.17. The average Bonchev–Trinajstić information content (AvgIpc) is 2.11. The fraction of sp³-hybridized carbons (Fsp3) is 0.429. The minimum absolute atomic E-state index is 0. The van der Waals surface area contributed by atoms with Crippen LogP contribution in [0.2, 0.25) is 0 Å². The fourth-order valence-electron chi connectivity index (χ4n) is 1.02. The second-order valence-electron chi connectivity index (χ2n) is 2.31. The van der Waals surface area contributed by atoms with Gasteiger partial charge in [0, 0.05) is 10.9 Å². The van der Waals surface area contributed by atoms with Gasteiger partial charge in [-0.05, 0) is 24.4 Å². The second-order valence-corrected chi connectivity index (χ2v) is 3.29. The minimum atomic E-state index is 0. The molecule has 0 aromatic carbocycles. The first kappa shape index (κ1) is 8.05. The monoisotopic (exact) mass is 175 g/mol. The number of rotatable bonds is 1. The molecule has 1 N–H and O–H groups in total. The molecular formula is C7H10ClNS. The zero-order chi connectivity index (χ0) is 6.10. The van der Waals surface area contributed by atoms with E-state index in [4.69, 9.17) is 0 Å². The lowest BCUT2D eigenvalue weighted by molar-refractivity contribution is 0.389. The van der Waals surface area contributed by atoms with E-state index in [0.717, 1.165) is 0 Å². The van der Waals surface area contributed by atoms with E-state index in [2.05, 4.69) is 22.8 Å². The van der Waals surface area contributed by atoms with Crippen molar-refractivity contribution in [1.29, 1.82) is 0 Å². The van der Waals surface area contributed by atoms with Crippen molar-refractivity contribution in [2.45, 2.75) is 12.5 Å². The highest BCUT2D eigenvalue weighted by atomic mass is 35.5. The van der Waals surface area contributed by atoms with Crippen molar-refractivity contribution < 1.29 is 0 Å². The van der Waals surface area contributed by atoms with Crippen molar-refractivity contribution in [3.05, 3.63) is 22.4 Å². The third-order valence-corrected chi connectivity index (χ3v) is 2.70. The van der Waals surface area contributed by atoms with Crippen LogP contribution < -0.4 is 5.32 Å². The van der Waals surface area contributed by atoms with Gasteiger partial charge in [0.15, 0.2) is 0 Å². The van der Waals surface area contributed by atoms with Gasteiger partial charge in [-0.3, -0.25) is 0 Å². The topological polar surface area (TPSA) is 12.0 Å². The summed E-state index contributed by atoms with van der Waals surface area (Å²) < 4.78 is 0. The molecule has 3 heteroatoms. The van der Waals surface area contributed by atoms with Gasteiger partial charge in [-0.1, -0.05) is 6.07 Å². The van der Waals surface area contributed by atoms with Gasteiger partial charge in [0.25, 0.3) is 0 Å². The number of hydrogen-bond acceptors (Lipinski definition) is 2. The Morgan fingerprint density at radius 2 is 2.40 bits per heavy atom. The van der Waals surface area contributed by atoms with Gasteiger partial charge in [0.05, 0.1) is 0 Å². The van der Waals surface area contributed by atoms with Crippen molar-refractivity contribution >= 4 is 23.7 Å². The lowest BCUT2D eigenvalue weighted by Gasteiger charge is -2.26. The molecule has 0 aliphatic carbocycles. The summed E-state index contributed by atoms with van der Waals surface area (Å²) in [5.74, 6) is 0. The summed E-state index contributed by atoms with van der Waals surface area (Å²) in [4.78, 5) is 1.49. The number of hydrogen-bond donors (Lipinski definition) is 1. The Hall–Kier alpha value is -0.0500. The smallest absolute Gasteiger partial charge is 0.0426 e. The molecule has 1 fully saturated rings. The number of nitrogens with one attached hydrogen (secondary N) is 1. The third-order valence-electron chi connectivity index (χ3n) is 1.71. The average molecular weight is 176 g/mol. The number of halogens is 1. The van der Waals surface area contributed by atoms with E-state index in [1.54, 1.807) is 0 Å². The first-order valence-corrected chi connectivity index (χ1v) is 4.11. The van der Waals surface area contributed by atoms with Crippen molar-refractivity contribution in [3.63, 3.8) is 0 Å². The SMILES string of the molecule is Cl.c1csc([C@@H]2CCN2)c1. The maximum absolute atomic E-state index is 3.36. The van der Waals surface area contributed by atoms with Crippen LogP contribution in [0.25, 0.3) is 0 Å². The standard InChI is InChI=1S/C7H9NS.ClH/c1-2-7(9-5-1)6-3-4-8-6;/h1-2,5-6,8H,3-4H2;1H/t6-;/m0./s1. The Kier molecular flexibility index (Phi) is 2.72. The molecule has 0 saturated carbocycles. The molecule has 1 saturated heterocycles. The molecule has 1 aliphatic rings. The van der Waals surface area contributed by atoms with Crippen LogP contribution in [0.1, 0.15) is 17.3 Å². The van der Waals surface area contributed by atoms with E-state index in [0.29, 0.717) is 6.04 Å². The van der Waals surface area contributed by atoms with Crippen LogP contribution in [0.4, 0.5) is 0 Å². The summed E-state index contributed by atoms with van der Waals surface area (Å²) in [6.07, 6.45) is 1.32. The molecule has 56 valence electrons. The Labute approximate surface area is 70.9 Å². The van der Waals surface area contributed by atoms with Gasteiger partial charge in [0.1, 0.15) is 0 Å². The molecule has 0 radical (unpaired) electrons. The predicted octanol–water partition coefficient (Wildman–Crippen LogP) is 2.20. The van der Waals surface area contributed by atoms with Gasteiger partial charge < -0.3 is 5.32 Å². The Morgan fingerprint density at radius 3 is 2.80 bits per heavy atom. The maximum atomic E-state index is 3.36. The summed E-state index contributed by atoms with van der Waals surface area (Å²) in [6.45, 7) is 1.20. The summed E-state index contributed by atoms with van der Waals surface area (Å²) in [6, 6.07) is 4.99. The summed E-state index contributed by atoms with van der Waals surface area (Å²) in [5, 5.41) is 5.49. The van der Waals surface area contributed by atoms with Crippen molar-refractivity contribution in [1.82, 2.24) is 5.32 Å². The third kappa shape index (κ3) is 1.34. The largest absolute Gasteiger partial charge is 0.309 e. The van der Waals surface area contributed by atoms with Gasteiger partial charge >= 0.3 is 0 Å². The Morgan fingerprint density at radius 1 is 1.60 bits per heavy atom. The quantitative estimate of drug-likeness (QED) is 0.690. The van der Waals surface area contributed by atoms with Crippen LogP contribution in [0.15, 0.2) is 17.5 Å². The molecule has 1 atom stereocenters. The van der Waals surface area contributed by atoms with E-state index in [-0.39, 0.29) is 12.4 Å².